The minimum Gasteiger partial charge on any atom is -0.486 e. The lowest BCUT2D eigenvalue weighted by molar-refractivity contribution is -0.387. The van der Waals surface area contributed by atoms with E-state index in [9.17, 15) is 18.5 Å². The van der Waals surface area contributed by atoms with Crippen LogP contribution in [0.1, 0.15) is 5.56 Å². The van der Waals surface area contributed by atoms with Gasteiger partial charge in [0, 0.05) is 12.1 Å². The number of ether oxygens (including phenoxy) is 2. The van der Waals surface area contributed by atoms with E-state index in [4.69, 9.17) is 9.47 Å². The van der Waals surface area contributed by atoms with Gasteiger partial charge in [-0.05, 0) is 24.6 Å². The van der Waals surface area contributed by atoms with Crippen LogP contribution in [0.5, 0.6) is 11.5 Å². The van der Waals surface area contributed by atoms with Gasteiger partial charge in [-0.25, -0.2) is 8.42 Å². The third-order valence-corrected chi connectivity index (χ3v) is 5.02. The van der Waals surface area contributed by atoms with E-state index in [1.807, 2.05) is 0 Å². The Balaban J connectivity index is 2.00. The molecule has 0 radical (unpaired) electrons. The van der Waals surface area contributed by atoms with Crippen molar-refractivity contribution in [1.29, 1.82) is 0 Å². The summed E-state index contributed by atoms with van der Waals surface area (Å²) in [5.41, 5.74) is 0.0473. The largest absolute Gasteiger partial charge is 0.486 e. The van der Waals surface area contributed by atoms with Gasteiger partial charge in [-0.15, -0.1) is 0 Å². The Labute approximate surface area is 138 Å². The monoisotopic (exact) mass is 350 g/mol. The van der Waals surface area contributed by atoms with Crippen LogP contribution in [0.3, 0.4) is 0 Å². The van der Waals surface area contributed by atoms with Gasteiger partial charge in [-0.1, -0.05) is 12.1 Å². The standard InChI is InChI=1S/C15H14N2O6S/c1-10-3-2-4-12(17(18)19)15(10)24(20,21)16-11-5-6-13-14(9-11)23-8-7-22-13/h2-6,9,16H,7-8H2,1H3. The van der Waals surface area contributed by atoms with Crippen molar-refractivity contribution in [2.75, 3.05) is 17.9 Å². The number of anilines is 1. The second-order valence-corrected chi connectivity index (χ2v) is 6.76. The SMILES string of the molecule is Cc1cccc([N+](=O)[O-])c1S(=O)(=O)Nc1ccc2c(c1)OCCO2. The van der Waals surface area contributed by atoms with Crippen LogP contribution in [0.25, 0.3) is 0 Å². The highest BCUT2D eigenvalue weighted by molar-refractivity contribution is 7.93. The highest BCUT2D eigenvalue weighted by Gasteiger charge is 2.28. The average molecular weight is 350 g/mol. The van der Waals surface area contributed by atoms with E-state index in [1.54, 1.807) is 6.07 Å². The van der Waals surface area contributed by atoms with Gasteiger partial charge < -0.3 is 9.47 Å². The van der Waals surface area contributed by atoms with Crippen molar-refractivity contribution in [3.8, 4) is 11.5 Å². The first kappa shape index (κ1) is 16.1. The first-order valence-electron chi connectivity index (χ1n) is 7.05. The van der Waals surface area contributed by atoms with Crippen LogP contribution in [0, 0.1) is 17.0 Å². The molecule has 1 aliphatic rings. The van der Waals surface area contributed by atoms with Crippen molar-refractivity contribution >= 4 is 21.4 Å². The highest BCUT2D eigenvalue weighted by Crippen LogP contribution is 2.34. The van der Waals surface area contributed by atoms with Gasteiger partial charge in [-0.2, -0.15) is 0 Å². The topological polar surface area (TPSA) is 108 Å². The summed E-state index contributed by atoms with van der Waals surface area (Å²) in [6, 6.07) is 8.68. The molecule has 0 spiro atoms. The van der Waals surface area contributed by atoms with Crippen molar-refractivity contribution in [3.05, 3.63) is 52.1 Å². The van der Waals surface area contributed by atoms with Crippen molar-refractivity contribution in [2.45, 2.75) is 11.8 Å². The van der Waals surface area contributed by atoms with Gasteiger partial charge >= 0.3 is 0 Å². The molecule has 1 aliphatic heterocycles. The summed E-state index contributed by atoms with van der Waals surface area (Å²) in [7, 11) is -4.13. The van der Waals surface area contributed by atoms with Gasteiger partial charge in [0.1, 0.15) is 13.2 Å². The Morgan fingerprint density at radius 3 is 2.54 bits per heavy atom. The second-order valence-electron chi connectivity index (χ2n) is 5.14. The zero-order valence-corrected chi connectivity index (χ0v) is 13.5. The maximum atomic E-state index is 12.6. The van der Waals surface area contributed by atoms with Crippen LogP contribution < -0.4 is 14.2 Å². The number of fused-ring (bicyclic) bond motifs is 1. The Morgan fingerprint density at radius 2 is 1.83 bits per heavy atom. The molecule has 0 bridgehead atoms. The predicted octanol–water partition coefficient (Wildman–Crippen LogP) is 2.48. The fraction of sp³-hybridized carbons (Fsp3) is 0.200. The predicted molar refractivity (Wildman–Crippen MR) is 86.1 cm³/mol. The van der Waals surface area contributed by atoms with Gasteiger partial charge in [0.15, 0.2) is 16.4 Å². The van der Waals surface area contributed by atoms with Crippen molar-refractivity contribution < 1.29 is 22.8 Å². The van der Waals surface area contributed by atoms with Crippen molar-refractivity contribution in [1.82, 2.24) is 0 Å². The van der Waals surface area contributed by atoms with Crippen LogP contribution in [0.2, 0.25) is 0 Å². The maximum Gasteiger partial charge on any atom is 0.290 e. The maximum absolute atomic E-state index is 12.6. The molecule has 0 amide bonds. The summed E-state index contributed by atoms with van der Waals surface area (Å²) < 4.78 is 38.4. The van der Waals surface area contributed by atoms with Crippen molar-refractivity contribution in [2.24, 2.45) is 0 Å². The first-order chi connectivity index (χ1) is 11.4. The van der Waals surface area contributed by atoms with Gasteiger partial charge in [-0.3, -0.25) is 14.8 Å². The number of nitrogens with one attached hydrogen (secondary N) is 1. The molecule has 0 saturated carbocycles. The number of rotatable bonds is 4. The summed E-state index contributed by atoms with van der Waals surface area (Å²) in [6.07, 6.45) is 0. The fourth-order valence-electron chi connectivity index (χ4n) is 2.44. The number of hydrogen-bond acceptors (Lipinski definition) is 6. The molecule has 126 valence electrons. The van der Waals surface area contributed by atoms with Crippen LogP contribution in [-0.2, 0) is 10.0 Å². The molecule has 0 saturated heterocycles. The number of benzene rings is 2. The fourth-order valence-corrected chi connectivity index (χ4v) is 3.89. The third-order valence-electron chi connectivity index (χ3n) is 3.45. The van der Waals surface area contributed by atoms with Crippen LogP contribution in [0.4, 0.5) is 11.4 Å². The first-order valence-corrected chi connectivity index (χ1v) is 8.53. The quantitative estimate of drug-likeness (QED) is 0.670. The summed E-state index contributed by atoms with van der Waals surface area (Å²) in [4.78, 5) is 10.1. The number of nitrogens with zero attached hydrogens (tertiary/aromatic N) is 1. The Hall–Kier alpha value is -2.81. The molecule has 0 aromatic heterocycles. The van der Waals surface area contributed by atoms with E-state index in [0.29, 0.717) is 24.7 Å². The van der Waals surface area contributed by atoms with Crippen LogP contribution >= 0.6 is 0 Å². The molecular weight excluding hydrogens is 336 g/mol. The molecule has 3 rings (SSSR count). The molecule has 0 unspecified atom stereocenters. The highest BCUT2D eigenvalue weighted by atomic mass is 32.2. The van der Waals surface area contributed by atoms with Gasteiger partial charge in [0.25, 0.3) is 15.7 Å². The minimum absolute atomic E-state index is 0.233. The summed E-state index contributed by atoms with van der Waals surface area (Å²) >= 11 is 0. The van der Waals surface area contributed by atoms with Crippen molar-refractivity contribution in [3.63, 3.8) is 0 Å². The molecule has 24 heavy (non-hydrogen) atoms. The molecule has 8 nitrogen and oxygen atoms in total. The second kappa shape index (κ2) is 6.00. The molecule has 0 fully saturated rings. The average Bonchev–Trinajstić information content (AvgIpc) is 2.53. The summed E-state index contributed by atoms with van der Waals surface area (Å²) in [5, 5.41) is 11.1. The molecule has 9 heteroatoms. The third kappa shape index (κ3) is 2.98. The lowest BCUT2D eigenvalue weighted by Gasteiger charge is -2.19. The number of aryl methyl sites for hydroxylation is 1. The van der Waals surface area contributed by atoms with E-state index >= 15 is 0 Å². The molecule has 1 N–H and O–H groups in total. The summed E-state index contributed by atoms with van der Waals surface area (Å²) in [6.45, 7) is 2.30. The molecule has 0 aliphatic carbocycles. The minimum atomic E-state index is -4.13. The van der Waals surface area contributed by atoms with E-state index in [2.05, 4.69) is 4.72 Å². The Kier molecular flexibility index (Phi) is 4.02. The lowest BCUT2D eigenvalue weighted by atomic mass is 10.2. The molecule has 1 heterocycles. The number of sulfonamides is 1. The van der Waals surface area contributed by atoms with E-state index in [1.165, 1.54) is 31.2 Å². The lowest BCUT2D eigenvalue weighted by Crippen LogP contribution is -2.18. The zero-order valence-electron chi connectivity index (χ0n) is 12.7. The smallest absolute Gasteiger partial charge is 0.290 e. The normalized spacial score (nSPS) is 13.4. The molecular formula is C15H14N2O6S. The summed E-state index contributed by atoms with van der Waals surface area (Å²) in [5.74, 6) is 0.937. The van der Waals surface area contributed by atoms with E-state index < -0.39 is 20.6 Å². The molecule has 2 aromatic carbocycles. The van der Waals surface area contributed by atoms with E-state index in [-0.39, 0.29) is 16.1 Å². The number of nitro groups is 1. The van der Waals surface area contributed by atoms with Gasteiger partial charge in [0.2, 0.25) is 0 Å². The van der Waals surface area contributed by atoms with Crippen LogP contribution in [-0.4, -0.2) is 26.6 Å². The molecule has 2 aromatic rings. The Bertz CT molecular complexity index is 910. The zero-order chi connectivity index (χ0) is 17.3. The number of hydrogen-bond donors (Lipinski definition) is 1. The van der Waals surface area contributed by atoms with Crippen LogP contribution in [0.15, 0.2) is 41.3 Å². The van der Waals surface area contributed by atoms with Gasteiger partial charge in [0.05, 0.1) is 10.6 Å². The number of nitro benzene ring substituents is 1. The molecule has 0 atom stereocenters. The Morgan fingerprint density at radius 1 is 1.12 bits per heavy atom. The van der Waals surface area contributed by atoms with E-state index in [0.717, 1.165) is 6.07 Å².